The van der Waals surface area contributed by atoms with E-state index >= 15 is 0 Å². The number of nitrogens with one attached hydrogen (secondary N) is 2. The van der Waals surface area contributed by atoms with Crippen molar-refractivity contribution in [3.05, 3.63) is 64.2 Å². The summed E-state index contributed by atoms with van der Waals surface area (Å²) >= 11 is 0. The van der Waals surface area contributed by atoms with Gasteiger partial charge in [-0.25, -0.2) is 8.78 Å². The number of fused-ring (bicyclic) bond motifs is 2. The number of benzene rings is 2. The second-order valence-corrected chi connectivity index (χ2v) is 7.13. The smallest absolute Gasteiger partial charge is 0.250 e. The first-order chi connectivity index (χ1) is 14.1. The molecule has 2 aromatic carbocycles. The molecule has 158 valence electrons. The highest BCUT2D eigenvalue weighted by Crippen LogP contribution is 2.38. The summed E-state index contributed by atoms with van der Waals surface area (Å²) in [6.45, 7) is 0.264. The number of aryl methyl sites for hydroxylation is 2. The van der Waals surface area contributed by atoms with Crippen LogP contribution in [0, 0.1) is 0 Å². The van der Waals surface area contributed by atoms with Crippen LogP contribution in [0.5, 0.6) is 0 Å². The largest absolute Gasteiger partial charge is 0.388 e. The van der Waals surface area contributed by atoms with Crippen molar-refractivity contribution in [1.29, 1.82) is 0 Å². The molecule has 0 saturated carbocycles. The summed E-state index contributed by atoms with van der Waals surface area (Å²) in [5.74, 6) is 0. The molecule has 0 unspecified atom stereocenters. The number of carbonyl (C=O) groups excluding carboxylic acids is 1. The highest BCUT2D eigenvalue weighted by molar-refractivity contribution is 5.65. The Labute approximate surface area is 171 Å². The Balaban J connectivity index is 0.000000185. The van der Waals surface area contributed by atoms with E-state index in [1.54, 1.807) is 22.3 Å². The lowest BCUT2D eigenvalue weighted by Gasteiger charge is -2.14. The molecule has 0 saturated heterocycles. The van der Waals surface area contributed by atoms with Crippen LogP contribution < -0.4 is 16.4 Å². The maximum Gasteiger partial charge on any atom is 0.250 e. The third kappa shape index (κ3) is 6.82. The summed E-state index contributed by atoms with van der Waals surface area (Å²) in [7, 11) is 2.08. The van der Waals surface area contributed by atoms with E-state index in [2.05, 4.69) is 29.5 Å². The number of amides is 1. The van der Waals surface area contributed by atoms with Crippen molar-refractivity contribution in [2.45, 2.75) is 51.5 Å². The molecule has 6 heteroatoms. The Kier molecular flexibility index (Phi) is 9.57. The molecule has 0 spiro atoms. The third-order valence-electron chi connectivity index (χ3n) is 5.19. The lowest BCUT2D eigenvalue weighted by Crippen LogP contribution is -2.20. The Morgan fingerprint density at radius 3 is 2.07 bits per heavy atom. The zero-order chi connectivity index (χ0) is 21.1. The van der Waals surface area contributed by atoms with Gasteiger partial charge in [0.05, 0.1) is 6.54 Å². The van der Waals surface area contributed by atoms with Crippen LogP contribution in [0.15, 0.2) is 36.4 Å². The van der Waals surface area contributed by atoms with Crippen LogP contribution in [0.4, 0.5) is 14.5 Å². The van der Waals surface area contributed by atoms with Gasteiger partial charge < -0.3 is 16.4 Å². The lowest BCUT2D eigenvalue weighted by atomic mass is 9.99. The average molecular weight is 404 g/mol. The zero-order valence-electron chi connectivity index (χ0n) is 17.0. The van der Waals surface area contributed by atoms with Crippen LogP contribution in [0.25, 0.3) is 0 Å². The minimum atomic E-state index is -2.27. The van der Waals surface area contributed by atoms with Gasteiger partial charge in [0, 0.05) is 19.3 Å². The molecule has 2 aromatic rings. The monoisotopic (exact) mass is 403 g/mol. The van der Waals surface area contributed by atoms with Crippen molar-refractivity contribution < 1.29 is 13.6 Å². The van der Waals surface area contributed by atoms with Gasteiger partial charge in [0.1, 0.15) is 0 Å². The molecule has 0 fully saturated rings. The van der Waals surface area contributed by atoms with E-state index < -0.39 is 6.43 Å². The molecule has 0 heterocycles. The Hall–Kier alpha value is -2.47. The minimum absolute atomic E-state index is 0.241. The fourth-order valence-electron chi connectivity index (χ4n) is 4.04. The number of alkyl halides is 2. The maximum absolute atomic E-state index is 11.7. The lowest BCUT2D eigenvalue weighted by molar-refractivity contribution is -0.106. The number of hydrogen-bond acceptors (Lipinski definition) is 3. The molecule has 29 heavy (non-hydrogen) atoms. The van der Waals surface area contributed by atoms with Gasteiger partial charge in [-0.2, -0.15) is 0 Å². The van der Waals surface area contributed by atoms with Crippen LogP contribution in [0.3, 0.4) is 0 Å². The normalized spacial score (nSPS) is 13.5. The van der Waals surface area contributed by atoms with Crippen molar-refractivity contribution in [2.24, 2.45) is 5.73 Å². The van der Waals surface area contributed by atoms with E-state index in [9.17, 15) is 8.78 Å². The molecular weight excluding hydrogens is 372 g/mol. The first-order valence-corrected chi connectivity index (χ1v) is 10.1. The van der Waals surface area contributed by atoms with E-state index in [1.165, 1.54) is 44.2 Å². The maximum atomic E-state index is 11.7. The summed E-state index contributed by atoms with van der Waals surface area (Å²) in [5, 5.41) is 6.08. The van der Waals surface area contributed by atoms with Crippen LogP contribution in [0.1, 0.15) is 40.7 Å². The number of primary amides is 1. The van der Waals surface area contributed by atoms with Gasteiger partial charge in [0.25, 0.3) is 6.43 Å². The van der Waals surface area contributed by atoms with Crippen molar-refractivity contribution >= 4 is 12.1 Å². The molecule has 4 rings (SSSR count). The Morgan fingerprint density at radius 2 is 1.59 bits per heavy atom. The van der Waals surface area contributed by atoms with Gasteiger partial charge in [0.15, 0.2) is 0 Å². The van der Waals surface area contributed by atoms with Gasteiger partial charge in [-0.05, 0) is 66.3 Å². The molecule has 2 aliphatic rings. The molecule has 0 aliphatic heterocycles. The molecule has 0 atom stereocenters. The van der Waals surface area contributed by atoms with Gasteiger partial charge in [0.2, 0.25) is 6.41 Å². The highest BCUT2D eigenvalue weighted by atomic mass is 19.3. The number of carbonyl (C=O) groups is 1. The Morgan fingerprint density at radius 1 is 1.03 bits per heavy atom. The summed E-state index contributed by atoms with van der Waals surface area (Å²) in [6.07, 6.45) is 5.88. The van der Waals surface area contributed by atoms with E-state index in [0.29, 0.717) is 6.54 Å². The number of nitrogens with two attached hydrogens (primary N) is 1. The molecular formula is C23H31F2N3O. The summed E-state index contributed by atoms with van der Waals surface area (Å²) in [6, 6.07) is 12.0. The quantitative estimate of drug-likeness (QED) is 0.665. The van der Waals surface area contributed by atoms with Gasteiger partial charge in [-0.15, -0.1) is 0 Å². The first kappa shape index (κ1) is 22.8. The number of hydrogen-bond donors (Lipinski definition) is 3. The van der Waals surface area contributed by atoms with Crippen molar-refractivity contribution in [2.75, 3.05) is 18.9 Å². The number of anilines is 1. The fourth-order valence-corrected chi connectivity index (χ4v) is 4.04. The molecule has 4 N–H and O–H groups in total. The van der Waals surface area contributed by atoms with E-state index in [-0.39, 0.29) is 13.0 Å². The van der Waals surface area contributed by atoms with Crippen molar-refractivity contribution in [3.63, 3.8) is 0 Å². The summed E-state index contributed by atoms with van der Waals surface area (Å²) in [4.78, 5) is 8.58. The summed E-state index contributed by atoms with van der Waals surface area (Å²) < 4.78 is 23.4. The fraction of sp³-hybridized carbons (Fsp3) is 0.435. The predicted molar refractivity (Wildman–Crippen MR) is 114 cm³/mol. The van der Waals surface area contributed by atoms with Gasteiger partial charge >= 0.3 is 0 Å². The zero-order valence-corrected chi connectivity index (χ0v) is 17.0. The summed E-state index contributed by atoms with van der Waals surface area (Å²) in [5.41, 5.74) is 13.1. The first-order valence-electron chi connectivity index (χ1n) is 10.1. The molecule has 4 nitrogen and oxygen atoms in total. The van der Waals surface area contributed by atoms with Crippen LogP contribution in [-0.2, 0) is 37.0 Å². The SMILES string of the molecule is CNc1c2c(cc3c1CCC3)CCC2.FC(F)CNCc1ccccc1.NC=O. The predicted octanol–water partition coefficient (Wildman–Crippen LogP) is 3.85. The van der Waals surface area contributed by atoms with E-state index in [0.717, 1.165) is 5.56 Å². The third-order valence-corrected chi connectivity index (χ3v) is 5.19. The molecule has 1 amide bonds. The average Bonchev–Trinajstić information content (AvgIpc) is 3.37. The second-order valence-electron chi connectivity index (χ2n) is 7.13. The van der Waals surface area contributed by atoms with E-state index in [4.69, 9.17) is 4.79 Å². The van der Waals surface area contributed by atoms with Gasteiger partial charge in [-0.1, -0.05) is 36.4 Å². The van der Waals surface area contributed by atoms with Gasteiger partial charge in [-0.3, -0.25) is 4.79 Å². The van der Waals surface area contributed by atoms with Crippen molar-refractivity contribution in [3.8, 4) is 0 Å². The molecule has 2 aliphatic carbocycles. The van der Waals surface area contributed by atoms with E-state index in [1.807, 2.05) is 30.3 Å². The topological polar surface area (TPSA) is 67.2 Å². The minimum Gasteiger partial charge on any atom is -0.388 e. The number of rotatable bonds is 5. The number of halogens is 2. The highest BCUT2D eigenvalue weighted by Gasteiger charge is 2.22. The van der Waals surface area contributed by atoms with Crippen LogP contribution in [0.2, 0.25) is 0 Å². The van der Waals surface area contributed by atoms with Crippen LogP contribution >= 0.6 is 0 Å². The molecule has 0 bridgehead atoms. The van der Waals surface area contributed by atoms with Crippen molar-refractivity contribution in [1.82, 2.24) is 5.32 Å². The molecule has 0 aromatic heterocycles. The molecule has 0 radical (unpaired) electrons. The standard InChI is InChI=1S/C13H17N.C9H11F2N.CH3NO/c1-14-13-11-6-2-4-9(11)8-10-5-3-7-12(10)13;10-9(11)7-12-6-8-4-2-1-3-5-8;2-1-3/h8,14H,2-7H2,1H3;1-5,9,12H,6-7H2;1H,(H2,2,3). The van der Waals surface area contributed by atoms with Crippen LogP contribution in [-0.4, -0.2) is 26.4 Å². The second kappa shape index (κ2) is 12.2. The Bertz CT molecular complexity index is 734.